The van der Waals surface area contributed by atoms with Crippen molar-refractivity contribution >= 4 is 73.7 Å². The molecule has 2 rings (SSSR count). The maximum atomic E-state index is 12.1. The van der Waals surface area contributed by atoms with E-state index in [0.717, 1.165) is 17.4 Å². The van der Waals surface area contributed by atoms with Gasteiger partial charge in [-0.3, -0.25) is 4.79 Å². The van der Waals surface area contributed by atoms with Gasteiger partial charge in [-0.25, -0.2) is 13.1 Å². The second-order valence-electron chi connectivity index (χ2n) is 3.75. The molecule has 1 amide bonds. The van der Waals surface area contributed by atoms with Crippen molar-refractivity contribution in [1.82, 2.24) is 4.72 Å². The fourth-order valence-electron chi connectivity index (χ4n) is 1.36. The summed E-state index contributed by atoms with van der Waals surface area (Å²) in [4.78, 5) is 12.0. The highest BCUT2D eigenvalue weighted by atomic mass is 35.5. The molecular weight excluding hydrogens is 400 g/mol. The molecular formula is C11H5Cl4NO3S2. The fourth-order valence-corrected chi connectivity index (χ4v) is 4.70. The third-order valence-corrected chi connectivity index (χ3v) is 6.51. The van der Waals surface area contributed by atoms with E-state index < -0.39 is 15.9 Å². The van der Waals surface area contributed by atoms with Crippen LogP contribution in [0.4, 0.5) is 0 Å². The minimum atomic E-state index is -4.08. The van der Waals surface area contributed by atoms with Crippen LogP contribution in [0.5, 0.6) is 0 Å². The number of hydrogen-bond donors (Lipinski definition) is 1. The topological polar surface area (TPSA) is 63.2 Å². The first kappa shape index (κ1) is 16.9. The van der Waals surface area contributed by atoms with Gasteiger partial charge in [0.25, 0.3) is 15.9 Å². The maximum Gasteiger partial charge on any atom is 0.273 e. The number of amides is 1. The summed E-state index contributed by atoms with van der Waals surface area (Å²) in [5.41, 5.74) is -0.0154. The minimum absolute atomic E-state index is 0.0154. The van der Waals surface area contributed by atoms with Crippen LogP contribution in [-0.2, 0) is 10.0 Å². The van der Waals surface area contributed by atoms with Gasteiger partial charge in [0.1, 0.15) is 8.55 Å². The largest absolute Gasteiger partial charge is 0.273 e. The Morgan fingerprint density at radius 1 is 1.05 bits per heavy atom. The van der Waals surface area contributed by atoms with Crippen molar-refractivity contribution in [3.63, 3.8) is 0 Å². The zero-order valence-electron chi connectivity index (χ0n) is 9.86. The number of halogens is 4. The average molecular weight is 405 g/mol. The van der Waals surface area contributed by atoms with Crippen molar-refractivity contribution in [3.8, 4) is 0 Å². The van der Waals surface area contributed by atoms with Crippen LogP contribution in [0.15, 0.2) is 28.5 Å². The van der Waals surface area contributed by atoms with Gasteiger partial charge in [0, 0.05) is 5.02 Å². The number of nitrogens with one attached hydrogen (secondary N) is 1. The summed E-state index contributed by atoms with van der Waals surface area (Å²) in [5.74, 6) is -0.877. The zero-order chi connectivity index (χ0) is 15.8. The van der Waals surface area contributed by atoms with Crippen LogP contribution in [0.1, 0.15) is 10.4 Å². The molecule has 1 aromatic carbocycles. The monoisotopic (exact) mass is 403 g/mol. The van der Waals surface area contributed by atoms with Crippen LogP contribution in [0, 0.1) is 0 Å². The van der Waals surface area contributed by atoms with E-state index in [1.165, 1.54) is 18.2 Å². The minimum Gasteiger partial charge on any atom is -0.268 e. The van der Waals surface area contributed by atoms with Crippen LogP contribution < -0.4 is 4.72 Å². The number of benzene rings is 1. The first-order valence-corrected chi connectivity index (χ1v) is 8.99. The zero-order valence-corrected chi connectivity index (χ0v) is 14.5. The summed E-state index contributed by atoms with van der Waals surface area (Å²) in [5, 5.41) is 0.465. The number of rotatable bonds is 3. The highest BCUT2D eigenvalue weighted by Gasteiger charge is 2.23. The number of thiophene rings is 1. The Bertz CT molecular complexity index is 797. The average Bonchev–Trinajstić information content (AvgIpc) is 2.69. The summed E-state index contributed by atoms with van der Waals surface area (Å²) >= 11 is 23.7. The highest BCUT2D eigenvalue weighted by Crippen LogP contribution is 2.34. The Morgan fingerprint density at radius 3 is 2.24 bits per heavy atom. The Labute approximate surface area is 144 Å². The van der Waals surface area contributed by atoms with E-state index in [1.807, 2.05) is 4.72 Å². The fraction of sp³-hybridized carbons (Fsp3) is 0. The van der Waals surface area contributed by atoms with E-state index in [1.54, 1.807) is 0 Å². The van der Waals surface area contributed by atoms with Gasteiger partial charge in [0.2, 0.25) is 0 Å². The third kappa shape index (κ3) is 3.83. The van der Waals surface area contributed by atoms with Crippen LogP contribution in [0.2, 0.25) is 19.4 Å². The molecule has 1 heterocycles. The van der Waals surface area contributed by atoms with Crippen LogP contribution in [0.25, 0.3) is 0 Å². The SMILES string of the molecule is O=C(NS(=O)(=O)c1cc(Cl)c(Cl)s1)c1ccc(Cl)cc1Cl. The Balaban J connectivity index is 2.30. The van der Waals surface area contributed by atoms with Crippen molar-refractivity contribution < 1.29 is 13.2 Å². The second kappa shape index (κ2) is 6.32. The summed E-state index contributed by atoms with van der Waals surface area (Å²) < 4.78 is 25.9. The molecule has 21 heavy (non-hydrogen) atoms. The first-order valence-electron chi connectivity index (χ1n) is 5.18. The molecule has 112 valence electrons. The van der Waals surface area contributed by atoms with Crippen LogP contribution in [0.3, 0.4) is 0 Å². The molecule has 0 aliphatic heterocycles. The van der Waals surface area contributed by atoms with Gasteiger partial charge in [0.15, 0.2) is 0 Å². The highest BCUT2D eigenvalue weighted by molar-refractivity contribution is 7.92. The molecule has 0 aliphatic rings. The molecule has 0 fully saturated rings. The third-order valence-electron chi connectivity index (χ3n) is 2.29. The van der Waals surface area contributed by atoms with Crippen LogP contribution in [-0.4, -0.2) is 14.3 Å². The first-order chi connectivity index (χ1) is 9.70. The molecule has 0 atom stereocenters. The maximum absolute atomic E-state index is 12.1. The molecule has 0 radical (unpaired) electrons. The van der Waals surface area contributed by atoms with E-state index >= 15 is 0 Å². The van der Waals surface area contributed by atoms with Crippen molar-refractivity contribution in [3.05, 3.63) is 49.2 Å². The molecule has 0 aliphatic carbocycles. The second-order valence-corrected chi connectivity index (χ2v) is 8.56. The number of carbonyl (C=O) groups is 1. The molecule has 0 unspecified atom stereocenters. The summed E-state index contributed by atoms with van der Waals surface area (Å²) in [7, 11) is -4.08. The number of carbonyl (C=O) groups excluding carboxylic acids is 1. The molecule has 10 heteroatoms. The van der Waals surface area contributed by atoms with E-state index in [2.05, 4.69) is 0 Å². The Hall–Kier alpha value is -0.500. The molecule has 1 N–H and O–H groups in total. The smallest absolute Gasteiger partial charge is 0.268 e. The normalized spacial score (nSPS) is 11.4. The lowest BCUT2D eigenvalue weighted by molar-refractivity contribution is 0.0981. The molecule has 4 nitrogen and oxygen atoms in total. The number of sulfonamides is 1. The van der Waals surface area contributed by atoms with Crippen molar-refractivity contribution in [2.45, 2.75) is 4.21 Å². The van der Waals surface area contributed by atoms with E-state index in [-0.39, 0.29) is 24.2 Å². The van der Waals surface area contributed by atoms with E-state index in [4.69, 9.17) is 46.4 Å². The quantitative estimate of drug-likeness (QED) is 0.819. The van der Waals surface area contributed by atoms with Gasteiger partial charge in [-0.15, -0.1) is 11.3 Å². The Kier molecular flexibility index (Phi) is 5.07. The standard InChI is InChI=1S/C11H5Cl4NO3S2/c12-5-1-2-6(7(13)3-5)11(17)16-21(18,19)9-4-8(14)10(15)20-9/h1-4H,(H,16,17). The van der Waals surface area contributed by atoms with Gasteiger partial charge in [-0.1, -0.05) is 46.4 Å². The van der Waals surface area contributed by atoms with Gasteiger partial charge in [-0.05, 0) is 24.3 Å². The molecule has 0 bridgehead atoms. The molecule has 0 saturated heterocycles. The van der Waals surface area contributed by atoms with Gasteiger partial charge >= 0.3 is 0 Å². The molecule has 0 saturated carbocycles. The predicted molar refractivity (Wildman–Crippen MR) is 85.5 cm³/mol. The van der Waals surface area contributed by atoms with Crippen LogP contribution >= 0.6 is 57.7 Å². The molecule has 1 aromatic heterocycles. The van der Waals surface area contributed by atoms with Crippen molar-refractivity contribution in [2.75, 3.05) is 0 Å². The van der Waals surface area contributed by atoms with Crippen molar-refractivity contribution in [2.24, 2.45) is 0 Å². The van der Waals surface area contributed by atoms with E-state index in [0.29, 0.717) is 5.02 Å². The van der Waals surface area contributed by atoms with Gasteiger partial charge < -0.3 is 0 Å². The predicted octanol–water partition coefficient (Wildman–Crippen LogP) is 4.48. The lowest BCUT2D eigenvalue weighted by atomic mass is 10.2. The molecule has 0 spiro atoms. The van der Waals surface area contributed by atoms with Crippen molar-refractivity contribution in [1.29, 1.82) is 0 Å². The lowest BCUT2D eigenvalue weighted by Gasteiger charge is -2.06. The summed E-state index contributed by atoms with van der Waals surface area (Å²) in [6.07, 6.45) is 0. The van der Waals surface area contributed by atoms with Gasteiger partial charge in [0.05, 0.1) is 15.6 Å². The summed E-state index contributed by atoms with van der Waals surface area (Å²) in [6.45, 7) is 0. The van der Waals surface area contributed by atoms with E-state index in [9.17, 15) is 13.2 Å². The lowest BCUT2D eigenvalue weighted by Crippen LogP contribution is -2.30. The number of hydrogen-bond acceptors (Lipinski definition) is 4. The van der Waals surface area contributed by atoms with Gasteiger partial charge in [-0.2, -0.15) is 0 Å². The Morgan fingerprint density at radius 2 is 1.71 bits per heavy atom. The molecule has 2 aromatic rings. The summed E-state index contributed by atoms with van der Waals surface area (Å²) in [6, 6.07) is 5.24.